The van der Waals surface area contributed by atoms with Gasteiger partial charge in [0.1, 0.15) is 0 Å². The summed E-state index contributed by atoms with van der Waals surface area (Å²) in [6, 6.07) is 3.58. The normalized spacial score (nSPS) is 10.5. The topological polar surface area (TPSA) is 107 Å². The number of primary amides is 1. The van der Waals surface area contributed by atoms with Crippen LogP contribution >= 0.6 is 12.2 Å². The molecule has 0 aliphatic heterocycles. The lowest BCUT2D eigenvalue weighted by Crippen LogP contribution is -2.36. The fourth-order valence-corrected chi connectivity index (χ4v) is 2.01. The van der Waals surface area contributed by atoms with Crippen LogP contribution in [0, 0.1) is 0 Å². The van der Waals surface area contributed by atoms with E-state index in [0.29, 0.717) is 27.9 Å². The molecular formula is C15H22N4O4S. The lowest BCUT2D eigenvalue weighted by atomic mass is 10.2. The Labute approximate surface area is 146 Å². The van der Waals surface area contributed by atoms with Crippen molar-refractivity contribution in [3.05, 3.63) is 17.7 Å². The summed E-state index contributed by atoms with van der Waals surface area (Å²) >= 11 is 5.07. The van der Waals surface area contributed by atoms with E-state index in [-0.39, 0.29) is 12.6 Å². The zero-order valence-electron chi connectivity index (χ0n) is 14.1. The maximum absolute atomic E-state index is 10.9. The molecule has 0 saturated carbocycles. The second-order valence-corrected chi connectivity index (χ2v) is 5.42. The molecule has 0 atom stereocenters. The van der Waals surface area contributed by atoms with Crippen LogP contribution in [0.25, 0.3) is 0 Å². The molecule has 0 fully saturated rings. The summed E-state index contributed by atoms with van der Waals surface area (Å²) in [7, 11) is 2.96. The van der Waals surface area contributed by atoms with E-state index >= 15 is 0 Å². The van der Waals surface area contributed by atoms with Crippen molar-refractivity contribution in [2.45, 2.75) is 19.9 Å². The van der Waals surface area contributed by atoms with E-state index in [4.69, 9.17) is 32.2 Å². The summed E-state index contributed by atoms with van der Waals surface area (Å²) in [5.41, 5.74) is 8.49. The summed E-state index contributed by atoms with van der Waals surface area (Å²) < 4.78 is 15.9. The largest absolute Gasteiger partial charge is 0.493 e. The molecule has 0 bridgehead atoms. The monoisotopic (exact) mass is 354 g/mol. The number of ether oxygens (including phenoxy) is 3. The molecule has 1 aromatic carbocycles. The number of carbonyl (C=O) groups is 1. The van der Waals surface area contributed by atoms with Crippen molar-refractivity contribution in [3.8, 4) is 17.2 Å². The number of hydrogen-bond acceptors (Lipinski definition) is 6. The third-order valence-corrected chi connectivity index (χ3v) is 2.85. The van der Waals surface area contributed by atoms with Crippen LogP contribution in [0.2, 0.25) is 0 Å². The SMILES string of the molecule is COc1cc(/C=N\NC(=S)NC(C)C)cc(OC)c1OCC(N)=O. The van der Waals surface area contributed by atoms with Crippen molar-refractivity contribution in [3.63, 3.8) is 0 Å². The minimum Gasteiger partial charge on any atom is -0.493 e. The van der Waals surface area contributed by atoms with E-state index in [0.717, 1.165) is 0 Å². The summed E-state index contributed by atoms with van der Waals surface area (Å²) in [6.07, 6.45) is 1.55. The highest BCUT2D eigenvalue weighted by Gasteiger charge is 2.14. The molecular weight excluding hydrogens is 332 g/mol. The zero-order valence-corrected chi connectivity index (χ0v) is 14.9. The number of hydrazone groups is 1. The van der Waals surface area contributed by atoms with Gasteiger partial charge in [-0.1, -0.05) is 0 Å². The van der Waals surface area contributed by atoms with E-state index in [1.807, 2.05) is 13.8 Å². The van der Waals surface area contributed by atoms with E-state index in [2.05, 4.69) is 15.8 Å². The summed E-state index contributed by atoms with van der Waals surface area (Å²) in [4.78, 5) is 10.9. The van der Waals surface area contributed by atoms with Gasteiger partial charge in [0.25, 0.3) is 5.91 Å². The third kappa shape index (κ3) is 6.29. The summed E-state index contributed by atoms with van der Waals surface area (Å²) in [5.74, 6) is 0.473. The highest BCUT2D eigenvalue weighted by Crippen LogP contribution is 2.38. The molecule has 0 aliphatic carbocycles. The second-order valence-electron chi connectivity index (χ2n) is 5.01. The Morgan fingerprint density at radius 2 is 1.92 bits per heavy atom. The lowest BCUT2D eigenvalue weighted by Gasteiger charge is -2.14. The maximum atomic E-state index is 10.9. The molecule has 0 saturated heterocycles. The summed E-state index contributed by atoms with van der Waals surface area (Å²) in [6.45, 7) is 3.66. The number of thiocarbonyl (C=S) groups is 1. The molecule has 0 unspecified atom stereocenters. The average Bonchev–Trinajstić information content (AvgIpc) is 2.51. The number of nitrogens with two attached hydrogens (primary N) is 1. The fourth-order valence-electron chi connectivity index (χ4n) is 1.72. The standard InChI is InChI=1S/C15H22N4O4S/c1-9(2)18-15(24)19-17-7-10-5-11(21-3)14(12(6-10)22-4)23-8-13(16)20/h5-7,9H,8H2,1-4H3,(H2,16,20)(H2,18,19,24)/b17-7-. The van der Waals surface area contributed by atoms with Crippen LogP contribution in [-0.4, -0.2) is 44.1 Å². The molecule has 132 valence electrons. The number of nitrogens with one attached hydrogen (secondary N) is 2. The Kier molecular flexibility index (Phi) is 7.76. The van der Waals surface area contributed by atoms with Crippen molar-refractivity contribution in [1.29, 1.82) is 0 Å². The molecule has 1 amide bonds. The first-order valence-corrected chi connectivity index (χ1v) is 7.54. The molecule has 1 rings (SSSR count). The Hall–Kier alpha value is -2.55. The van der Waals surface area contributed by atoms with Crippen LogP contribution in [0.4, 0.5) is 0 Å². The number of amides is 1. The highest BCUT2D eigenvalue weighted by atomic mass is 32.1. The molecule has 0 aliphatic rings. The average molecular weight is 354 g/mol. The van der Waals surface area contributed by atoms with Crippen molar-refractivity contribution in [2.75, 3.05) is 20.8 Å². The van der Waals surface area contributed by atoms with Crippen LogP contribution in [0.3, 0.4) is 0 Å². The molecule has 4 N–H and O–H groups in total. The van der Waals surface area contributed by atoms with Gasteiger partial charge >= 0.3 is 0 Å². The minimum absolute atomic E-state index is 0.210. The van der Waals surface area contributed by atoms with E-state index in [1.54, 1.807) is 18.3 Å². The number of hydrogen-bond donors (Lipinski definition) is 3. The second kappa shape index (κ2) is 9.56. The predicted molar refractivity (Wildman–Crippen MR) is 95.8 cm³/mol. The van der Waals surface area contributed by atoms with Gasteiger partial charge in [-0.3, -0.25) is 10.2 Å². The lowest BCUT2D eigenvalue weighted by molar-refractivity contribution is -0.119. The van der Waals surface area contributed by atoms with Crippen molar-refractivity contribution < 1.29 is 19.0 Å². The first kappa shape index (κ1) is 19.5. The fraction of sp³-hybridized carbons (Fsp3) is 0.400. The van der Waals surface area contributed by atoms with Crippen LogP contribution in [0.5, 0.6) is 17.2 Å². The smallest absolute Gasteiger partial charge is 0.255 e. The molecule has 0 spiro atoms. The van der Waals surface area contributed by atoms with Crippen LogP contribution in [0.1, 0.15) is 19.4 Å². The van der Waals surface area contributed by atoms with Gasteiger partial charge in [-0.25, -0.2) is 0 Å². The maximum Gasteiger partial charge on any atom is 0.255 e. The van der Waals surface area contributed by atoms with Gasteiger partial charge in [-0.15, -0.1) is 0 Å². The van der Waals surface area contributed by atoms with E-state index < -0.39 is 5.91 Å². The molecule has 0 heterocycles. The third-order valence-electron chi connectivity index (χ3n) is 2.64. The van der Waals surface area contributed by atoms with E-state index in [1.165, 1.54) is 14.2 Å². The number of rotatable bonds is 8. The van der Waals surface area contributed by atoms with Crippen molar-refractivity contribution in [2.24, 2.45) is 10.8 Å². The molecule has 1 aromatic rings. The van der Waals surface area contributed by atoms with Crippen LogP contribution in [-0.2, 0) is 4.79 Å². The van der Waals surface area contributed by atoms with E-state index in [9.17, 15) is 4.79 Å². The van der Waals surface area contributed by atoms with Gasteiger partial charge in [0.2, 0.25) is 5.75 Å². The minimum atomic E-state index is -0.597. The Morgan fingerprint density at radius 1 is 1.33 bits per heavy atom. The van der Waals surface area contributed by atoms with Gasteiger partial charge in [0, 0.05) is 11.6 Å². The van der Waals surface area contributed by atoms with Gasteiger partial charge in [0.05, 0.1) is 20.4 Å². The molecule has 0 aromatic heterocycles. The molecule has 24 heavy (non-hydrogen) atoms. The van der Waals surface area contributed by atoms with Gasteiger partial charge in [-0.2, -0.15) is 5.10 Å². The van der Waals surface area contributed by atoms with Crippen molar-refractivity contribution in [1.82, 2.24) is 10.7 Å². The Bertz CT molecular complexity index is 594. The van der Waals surface area contributed by atoms with Crippen LogP contribution < -0.4 is 30.7 Å². The summed E-state index contributed by atoms with van der Waals surface area (Å²) in [5, 5.41) is 7.47. The van der Waals surface area contributed by atoms with Gasteiger partial charge in [-0.05, 0) is 38.2 Å². The number of benzene rings is 1. The number of nitrogens with zero attached hydrogens (tertiary/aromatic N) is 1. The first-order valence-electron chi connectivity index (χ1n) is 7.14. The molecule has 8 nitrogen and oxygen atoms in total. The zero-order chi connectivity index (χ0) is 18.1. The molecule has 0 radical (unpaired) electrons. The van der Waals surface area contributed by atoms with Crippen molar-refractivity contribution >= 4 is 29.5 Å². The first-order chi connectivity index (χ1) is 11.4. The molecule has 9 heteroatoms. The predicted octanol–water partition coefficient (Wildman–Crippen LogP) is 0.774. The number of carbonyl (C=O) groups excluding carboxylic acids is 1. The Morgan fingerprint density at radius 3 is 2.38 bits per heavy atom. The van der Waals surface area contributed by atoms with Gasteiger partial charge < -0.3 is 25.3 Å². The quantitative estimate of drug-likeness (QED) is 0.360. The highest BCUT2D eigenvalue weighted by molar-refractivity contribution is 7.80. The van der Waals surface area contributed by atoms with Crippen LogP contribution in [0.15, 0.2) is 17.2 Å². The van der Waals surface area contributed by atoms with Gasteiger partial charge in [0.15, 0.2) is 23.2 Å². The Balaban J connectivity index is 2.93. The number of methoxy groups -OCH3 is 2.